The fourth-order valence-corrected chi connectivity index (χ4v) is 6.33. The second kappa shape index (κ2) is 10.3. The molecule has 0 bridgehead atoms. The highest BCUT2D eigenvalue weighted by Gasteiger charge is 2.28. The van der Waals surface area contributed by atoms with Crippen molar-refractivity contribution in [2.75, 3.05) is 0 Å². The molecule has 1 aliphatic carbocycles. The number of aryl methyl sites for hydroxylation is 3. The zero-order valence-corrected chi connectivity index (χ0v) is 22.9. The van der Waals surface area contributed by atoms with Gasteiger partial charge in [0, 0.05) is 29.1 Å². The molecule has 4 aromatic heterocycles. The number of carboxylic acid groups (broad SMARTS) is 1. The Bertz CT molecular complexity index is 1710. The van der Waals surface area contributed by atoms with Gasteiger partial charge in [-0.2, -0.15) is 0 Å². The topological polar surface area (TPSA) is 80.9 Å². The molecule has 0 atom stereocenters. The average molecular weight is 519 g/mol. The number of aromatic nitrogens is 4. The predicted octanol–water partition coefficient (Wildman–Crippen LogP) is 8.09. The maximum absolute atomic E-state index is 11.8. The number of benzene rings is 1. The number of carbonyl (C=O) groups is 1. The molecule has 1 fully saturated rings. The molecule has 1 saturated carbocycles. The zero-order valence-electron chi connectivity index (χ0n) is 22.9. The summed E-state index contributed by atoms with van der Waals surface area (Å²) in [5.41, 5.74) is 9.60. The van der Waals surface area contributed by atoms with Crippen molar-refractivity contribution < 1.29 is 9.90 Å². The number of nitrogens with zero attached hydrogens (tertiary/aromatic N) is 4. The molecule has 0 amide bonds. The number of carboxylic acids is 1. The highest BCUT2D eigenvalue weighted by atomic mass is 16.4. The van der Waals surface area contributed by atoms with Gasteiger partial charge in [-0.3, -0.25) is 4.98 Å². The molecule has 1 aliphatic rings. The molecule has 4 heterocycles. The summed E-state index contributed by atoms with van der Waals surface area (Å²) < 4.78 is 2.28. The van der Waals surface area contributed by atoms with Crippen molar-refractivity contribution in [3.63, 3.8) is 0 Å². The Morgan fingerprint density at radius 2 is 1.74 bits per heavy atom. The van der Waals surface area contributed by atoms with Crippen molar-refractivity contribution in [2.45, 2.75) is 71.8 Å². The third-order valence-corrected chi connectivity index (χ3v) is 8.20. The van der Waals surface area contributed by atoms with E-state index in [1.807, 2.05) is 18.3 Å². The third-order valence-electron chi connectivity index (χ3n) is 8.20. The van der Waals surface area contributed by atoms with Gasteiger partial charge < -0.3 is 9.67 Å². The highest BCUT2D eigenvalue weighted by Crippen LogP contribution is 2.45. The molecule has 0 radical (unpaired) electrons. The lowest BCUT2D eigenvalue weighted by molar-refractivity contribution is 0.0691. The van der Waals surface area contributed by atoms with Crippen LogP contribution in [0.5, 0.6) is 0 Å². The summed E-state index contributed by atoms with van der Waals surface area (Å²) in [5, 5.41) is 11.9. The van der Waals surface area contributed by atoms with Crippen molar-refractivity contribution >= 4 is 27.9 Å². The van der Waals surface area contributed by atoms with Gasteiger partial charge in [-0.25, -0.2) is 14.8 Å². The van der Waals surface area contributed by atoms with Crippen LogP contribution in [0.3, 0.4) is 0 Å². The van der Waals surface area contributed by atoms with Crippen molar-refractivity contribution in [1.82, 2.24) is 19.5 Å². The first kappa shape index (κ1) is 25.2. The van der Waals surface area contributed by atoms with E-state index >= 15 is 0 Å². The van der Waals surface area contributed by atoms with Gasteiger partial charge in [0.15, 0.2) is 5.69 Å². The summed E-state index contributed by atoms with van der Waals surface area (Å²) in [5.74, 6) is -0.552. The molecule has 39 heavy (non-hydrogen) atoms. The van der Waals surface area contributed by atoms with Crippen LogP contribution in [0.25, 0.3) is 44.6 Å². The quantitative estimate of drug-likeness (QED) is 0.246. The van der Waals surface area contributed by atoms with Crippen LogP contribution in [-0.4, -0.2) is 30.6 Å². The Morgan fingerprint density at radius 3 is 2.49 bits per heavy atom. The number of fused-ring (bicyclic) bond motifs is 2. The largest absolute Gasteiger partial charge is 0.477 e. The van der Waals surface area contributed by atoms with Crippen LogP contribution in [0.15, 0.2) is 54.7 Å². The molecular formula is C33H34N4O2. The Morgan fingerprint density at radius 1 is 0.949 bits per heavy atom. The Kier molecular flexibility index (Phi) is 6.63. The van der Waals surface area contributed by atoms with Crippen LogP contribution in [-0.2, 0) is 6.54 Å². The maximum Gasteiger partial charge on any atom is 0.354 e. The van der Waals surface area contributed by atoms with Gasteiger partial charge in [0.1, 0.15) is 5.65 Å². The van der Waals surface area contributed by atoms with E-state index in [4.69, 9.17) is 4.98 Å². The SMILES string of the molecule is CCCn1c(-c2ccc3nc(-c4cc(C)ccn4)ccc3c2C)c(C2CCCCC2)c2ccc(C(=O)O)nc21. The monoisotopic (exact) mass is 518 g/mol. The molecule has 5 aromatic rings. The summed E-state index contributed by atoms with van der Waals surface area (Å²) in [6.45, 7) is 7.19. The molecule has 6 nitrogen and oxygen atoms in total. The molecule has 1 aromatic carbocycles. The van der Waals surface area contributed by atoms with Gasteiger partial charge in [0.2, 0.25) is 0 Å². The number of pyridine rings is 3. The minimum Gasteiger partial charge on any atom is -0.477 e. The van der Waals surface area contributed by atoms with E-state index in [2.05, 4.69) is 65.6 Å². The van der Waals surface area contributed by atoms with Crippen LogP contribution < -0.4 is 0 Å². The van der Waals surface area contributed by atoms with Gasteiger partial charge in [-0.1, -0.05) is 38.3 Å². The van der Waals surface area contributed by atoms with Crippen LogP contribution >= 0.6 is 0 Å². The predicted molar refractivity (Wildman–Crippen MR) is 156 cm³/mol. The van der Waals surface area contributed by atoms with Crippen LogP contribution in [0.4, 0.5) is 0 Å². The first-order valence-corrected chi connectivity index (χ1v) is 14.1. The fraction of sp³-hybridized carbons (Fsp3) is 0.333. The van der Waals surface area contributed by atoms with Crippen molar-refractivity contribution in [3.8, 4) is 22.6 Å². The number of hydrogen-bond acceptors (Lipinski definition) is 4. The second-order valence-electron chi connectivity index (χ2n) is 10.8. The Balaban J connectivity index is 1.59. The Hall–Kier alpha value is -4.06. The summed E-state index contributed by atoms with van der Waals surface area (Å²) >= 11 is 0. The van der Waals surface area contributed by atoms with Crippen LogP contribution in [0, 0.1) is 13.8 Å². The highest BCUT2D eigenvalue weighted by molar-refractivity contribution is 5.97. The zero-order chi connectivity index (χ0) is 27.1. The first-order chi connectivity index (χ1) is 19.0. The van der Waals surface area contributed by atoms with Gasteiger partial charge in [0.05, 0.1) is 22.6 Å². The lowest BCUT2D eigenvalue weighted by Gasteiger charge is -2.24. The van der Waals surface area contributed by atoms with E-state index in [0.717, 1.165) is 64.7 Å². The molecule has 1 N–H and O–H groups in total. The number of aromatic carboxylic acids is 1. The smallest absolute Gasteiger partial charge is 0.354 e. The molecule has 6 heteroatoms. The van der Waals surface area contributed by atoms with Crippen LogP contribution in [0.2, 0.25) is 0 Å². The lowest BCUT2D eigenvalue weighted by atomic mass is 9.81. The molecule has 0 saturated heterocycles. The fourth-order valence-electron chi connectivity index (χ4n) is 6.33. The van der Waals surface area contributed by atoms with E-state index in [1.54, 1.807) is 6.07 Å². The van der Waals surface area contributed by atoms with E-state index in [1.165, 1.54) is 41.6 Å². The van der Waals surface area contributed by atoms with Gasteiger partial charge in [0.25, 0.3) is 0 Å². The normalized spacial score (nSPS) is 14.3. The standard InChI is InChI=1S/C33H34N4O2/c1-4-18-37-31(30(22-8-6-5-7-9-22)25-12-15-28(33(38)39)36-32(25)37)24-11-13-26-23(21(24)3)10-14-27(35-26)29-19-20(2)16-17-34-29/h10-17,19,22H,4-9,18H2,1-3H3,(H,38,39). The third kappa shape index (κ3) is 4.48. The second-order valence-corrected chi connectivity index (χ2v) is 10.8. The summed E-state index contributed by atoms with van der Waals surface area (Å²) in [7, 11) is 0. The van der Waals surface area contributed by atoms with Crippen molar-refractivity contribution in [1.29, 1.82) is 0 Å². The molecule has 0 spiro atoms. The maximum atomic E-state index is 11.8. The molecule has 0 unspecified atom stereocenters. The Labute approximate surface area is 228 Å². The van der Waals surface area contributed by atoms with Gasteiger partial charge >= 0.3 is 5.97 Å². The molecule has 198 valence electrons. The average Bonchev–Trinajstić information content (AvgIpc) is 3.27. The van der Waals surface area contributed by atoms with Crippen molar-refractivity contribution in [2.24, 2.45) is 0 Å². The van der Waals surface area contributed by atoms with E-state index in [0.29, 0.717) is 5.92 Å². The van der Waals surface area contributed by atoms with E-state index < -0.39 is 5.97 Å². The summed E-state index contributed by atoms with van der Waals surface area (Å²) in [6, 6.07) is 16.2. The van der Waals surface area contributed by atoms with E-state index in [9.17, 15) is 9.90 Å². The molecular weight excluding hydrogens is 484 g/mol. The van der Waals surface area contributed by atoms with Gasteiger partial charge in [-0.05, 0) is 92.1 Å². The lowest BCUT2D eigenvalue weighted by Crippen LogP contribution is -2.08. The summed E-state index contributed by atoms with van der Waals surface area (Å²) in [6.07, 6.45) is 8.79. The first-order valence-electron chi connectivity index (χ1n) is 14.1. The van der Waals surface area contributed by atoms with Crippen LogP contribution in [0.1, 0.15) is 78.5 Å². The van der Waals surface area contributed by atoms with Crippen molar-refractivity contribution in [3.05, 3.63) is 77.1 Å². The minimum absolute atomic E-state index is 0.0934. The summed E-state index contributed by atoms with van der Waals surface area (Å²) in [4.78, 5) is 26.0. The number of hydrogen-bond donors (Lipinski definition) is 1. The van der Waals surface area contributed by atoms with E-state index in [-0.39, 0.29) is 5.69 Å². The number of rotatable bonds is 6. The molecule has 6 rings (SSSR count). The minimum atomic E-state index is -0.992. The van der Waals surface area contributed by atoms with Gasteiger partial charge in [-0.15, -0.1) is 0 Å². The molecule has 0 aliphatic heterocycles.